The van der Waals surface area contributed by atoms with E-state index in [0.29, 0.717) is 16.5 Å². The monoisotopic (exact) mass is 547 g/mol. The quantitative estimate of drug-likeness (QED) is 0.225. The minimum absolute atomic E-state index is 0.0890. The topological polar surface area (TPSA) is 95.1 Å². The summed E-state index contributed by atoms with van der Waals surface area (Å²) in [5, 5.41) is 11.9. The molecule has 0 bridgehead atoms. The molecule has 1 saturated heterocycles. The maximum atomic E-state index is 12.7. The number of pyridine rings is 1. The zero-order valence-electron chi connectivity index (χ0n) is 21.2. The van der Waals surface area contributed by atoms with Crippen LogP contribution >= 0.6 is 23.4 Å². The van der Waals surface area contributed by atoms with E-state index in [1.165, 1.54) is 0 Å². The second kappa shape index (κ2) is 12.3. The largest absolute Gasteiger partial charge is 0.384 e. The average molecular weight is 548 g/mol. The van der Waals surface area contributed by atoms with Gasteiger partial charge in [-0.1, -0.05) is 11.6 Å². The number of benzene rings is 2. The Morgan fingerprint density at radius 1 is 1.00 bits per heavy atom. The van der Waals surface area contributed by atoms with E-state index in [1.54, 1.807) is 6.20 Å². The number of nitrogens with one attached hydrogen (secondary N) is 3. The van der Waals surface area contributed by atoms with Crippen molar-refractivity contribution in [1.82, 2.24) is 19.9 Å². The van der Waals surface area contributed by atoms with E-state index < -0.39 is 0 Å². The molecule has 2 aromatic carbocycles. The number of nitrogens with zero attached hydrogens (tertiary/aromatic N) is 4. The lowest BCUT2D eigenvalue weighted by Crippen LogP contribution is -2.37. The standard InChI is InChI=1S/C28H30ClN7OS/c1-19-17-26(32-11-2-10-30-24-9-12-31-25-18-21(29)5-8-23(24)25)35-28(33-19)34-22-6-3-20(4-7-22)27(37)36-13-15-38-16-14-36/h3-9,12,17-18H,2,10-11,13-16H2,1H3,(H,30,31)(H2,32,33,34,35). The van der Waals surface area contributed by atoms with Gasteiger partial charge in [-0.25, -0.2) is 4.98 Å². The van der Waals surface area contributed by atoms with Gasteiger partial charge in [0.1, 0.15) is 5.82 Å². The average Bonchev–Trinajstić information content (AvgIpc) is 2.93. The highest BCUT2D eigenvalue weighted by atomic mass is 35.5. The molecule has 3 heterocycles. The highest BCUT2D eigenvalue weighted by molar-refractivity contribution is 7.99. The van der Waals surface area contributed by atoms with Gasteiger partial charge in [-0.3, -0.25) is 9.78 Å². The number of aromatic nitrogens is 3. The van der Waals surface area contributed by atoms with Gasteiger partial charge in [0.25, 0.3) is 5.91 Å². The lowest BCUT2D eigenvalue weighted by Gasteiger charge is -2.26. The van der Waals surface area contributed by atoms with Crippen molar-refractivity contribution < 1.29 is 4.79 Å². The van der Waals surface area contributed by atoms with Gasteiger partial charge in [0.2, 0.25) is 5.95 Å². The van der Waals surface area contributed by atoms with Crippen LogP contribution < -0.4 is 16.0 Å². The molecule has 8 nitrogen and oxygen atoms in total. The second-order valence-corrected chi connectivity index (χ2v) is 10.7. The molecular weight excluding hydrogens is 518 g/mol. The third-order valence-electron chi connectivity index (χ3n) is 6.22. The Morgan fingerprint density at radius 2 is 1.79 bits per heavy atom. The van der Waals surface area contributed by atoms with Crippen LogP contribution in [0.25, 0.3) is 10.9 Å². The Hall–Kier alpha value is -3.56. The van der Waals surface area contributed by atoms with Crippen LogP contribution in [0.15, 0.2) is 60.8 Å². The predicted octanol–water partition coefficient (Wildman–Crippen LogP) is 5.83. The fourth-order valence-electron chi connectivity index (χ4n) is 4.29. The highest BCUT2D eigenvalue weighted by Crippen LogP contribution is 2.24. The fourth-order valence-corrected chi connectivity index (χ4v) is 5.36. The number of halogens is 1. The molecule has 3 N–H and O–H groups in total. The van der Waals surface area contributed by atoms with Gasteiger partial charge < -0.3 is 20.9 Å². The molecule has 0 radical (unpaired) electrons. The van der Waals surface area contributed by atoms with Gasteiger partial charge in [0, 0.05) is 83.0 Å². The summed E-state index contributed by atoms with van der Waals surface area (Å²) in [6, 6.07) is 17.1. The molecule has 0 atom stereocenters. The Morgan fingerprint density at radius 3 is 2.61 bits per heavy atom. The number of fused-ring (bicyclic) bond motifs is 1. The van der Waals surface area contributed by atoms with E-state index in [-0.39, 0.29) is 5.91 Å². The maximum absolute atomic E-state index is 12.7. The minimum Gasteiger partial charge on any atom is -0.384 e. The van der Waals surface area contributed by atoms with Crippen molar-refractivity contribution in [1.29, 1.82) is 0 Å². The van der Waals surface area contributed by atoms with Crippen LogP contribution in [-0.4, -0.2) is 63.4 Å². The Bertz CT molecular complexity index is 1410. The highest BCUT2D eigenvalue weighted by Gasteiger charge is 2.18. The number of aryl methyl sites for hydroxylation is 1. The summed E-state index contributed by atoms with van der Waals surface area (Å²) >= 11 is 7.98. The van der Waals surface area contributed by atoms with Crippen LogP contribution in [0.5, 0.6) is 0 Å². The fraction of sp³-hybridized carbons (Fsp3) is 0.286. The lowest BCUT2D eigenvalue weighted by atomic mass is 10.2. The van der Waals surface area contributed by atoms with Crippen molar-refractivity contribution >= 4 is 63.3 Å². The maximum Gasteiger partial charge on any atom is 0.253 e. The molecule has 1 aliphatic heterocycles. The van der Waals surface area contributed by atoms with Crippen molar-refractivity contribution in [3.63, 3.8) is 0 Å². The van der Waals surface area contributed by atoms with Crippen molar-refractivity contribution in [2.24, 2.45) is 0 Å². The zero-order valence-corrected chi connectivity index (χ0v) is 22.8. The van der Waals surface area contributed by atoms with Crippen LogP contribution in [0, 0.1) is 6.92 Å². The molecule has 0 spiro atoms. The summed E-state index contributed by atoms with van der Waals surface area (Å²) in [6.45, 7) is 5.11. The summed E-state index contributed by atoms with van der Waals surface area (Å²) < 4.78 is 0. The summed E-state index contributed by atoms with van der Waals surface area (Å²) in [4.78, 5) is 28.1. The molecule has 0 aliphatic carbocycles. The molecule has 2 aromatic heterocycles. The molecule has 1 aliphatic rings. The number of amides is 1. The van der Waals surface area contributed by atoms with Gasteiger partial charge >= 0.3 is 0 Å². The SMILES string of the molecule is Cc1cc(NCCCNc2ccnc3cc(Cl)ccc23)nc(Nc2ccc(C(=O)N3CCSCC3)cc2)n1. The second-order valence-electron chi connectivity index (χ2n) is 9.05. The van der Waals surface area contributed by atoms with Gasteiger partial charge in [-0.15, -0.1) is 0 Å². The van der Waals surface area contributed by atoms with Gasteiger partial charge in [0.05, 0.1) is 5.52 Å². The van der Waals surface area contributed by atoms with Gasteiger partial charge in [-0.05, 0) is 61.9 Å². The van der Waals surface area contributed by atoms with Crippen LogP contribution in [0.2, 0.25) is 5.02 Å². The number of carbonyl (C=O) groups is 1. The molecule has 0 unspecified atom stereocenters. The Labute approximate surface area is 231 Å². The summed E-state index contributed by atoms with van der Waals surface area (Å²) in [6.07, 6.45) is 2.69. The summed E-state index contributed by atoms with van der Waals surface area (Å²) in [5.74, 6) is 3.37. The molecule has 1 amide bonds. The third kappa shape index (κ3) is 6.65. The number of anilines is 4. The normalized spacial score (nSPS) is 13.4. The zero-order chi connectivity index (χ0) is 26.3. The number of hydrogen-bond acceptors (Lipinski definition) is 8. The van der Waals surface area contributed by atoms with Gasteiger partial charge in [0.15, 0.2) is 0 Å². The van der Waals surface area contributed by atoms with E-state index >= 15 is 0 Å². The van der Waals surface area contributed by atoms with Crippen molar-refractivity contribution in [3.8, 4) is 0 Å². The minimum atomic E-state index is 0.0890. The Kier molecular flexibility index (Phi) is 8.45. The first-order chi connectivity index (χ1) is 18.5. The van der Waals surface area contributed by atoms with E-state index in [4.69, 9.17) is 11.6 Å². The van der Waals surface area contributed by atoms with Gasteiger partial charge in [-0.2, -0.15) is 16.7 Å². The first kappa shape index (κ1) is 26.1. The number of rotatable bonds is 9. The van der Waals surface area contributed by atoms with Crippen molar-refractivity contribution in [2.75, 3.05) is 53.6 Å². The van der Waals surface area contributed by atoms with Crippen LogP contribution in [0.3, 0.4) is 0 Å². The van der Waals surface area contributed by atoms with Crippen LogP contribution in [0.4, 0.5) is 23.1 Å². The first-order valence-corrected chi connectivity index (χ1v) is 14.2. The molecule has 196 valence electrons. The van der Waals surface area contributed by atoms with Crippen molar-refractivity contribution in [2.45, 2.75) is 13.3 Å². The molecule has 4 aromatic rings. The molecule has 38 heavy (non-hydrogen) atoms. The Balaban J connectivity index is 1.13. The number of carbonyl (C=O) groups excluding carboxylic acids is 1. The smallest absolute Gasteiger partial charge is 0.253 e. The third-order valence-corrected chi connectivity index (χ3v) is 7.40. The van der Waals surface area contributed by atoms with Crippen molar-refractivity contribution in [3.05, 3.63) is 77.1 Å². The summed E-state index contributed by atoms with van der Waals surface area (Å²) in [5.41, 5.74) is 4.31. The number of hydrogen-bond donors (Lipinski definition) is 3. The molecule has 5 rings (SSSR count). The van der Waals surface area contributed by atoms with E-state index in [2.05, 4.69) is 30.9 Å². The molecule has 10 heteroatoms. The molecule has 0 saturated carbocycles. The first-order valence-electron chi connectivity index (χ1n) is 12.7. The van der Waals surface area contributed by atoms with E-state index in [0.717, 1.165) is 77.9 Å². The van der Waals surface area contributed by atoms with E-state index in [9.17, 15) is 4.79 Å². The molecule has 1 fully saturated rings. The van der Waals surface area contributed by atoms with Crippen LogP contribution in [-0.2, 0) is 0 Å². The lowest BCUT2D eigenvalue weighted by molar-refractivity contribution is 0.0772. The van der Waals surface area contributed by atoms with Crippen LogP contribution in [0.1, 0.15) is 22.5 Å². The summed E-state index contributed by atoms with van der Waals surface area (Å²) in [7, 11) is 0. The molecular formula is C28H30ClN7OS. The number of thioether (sulfide) groups is 1. The van der Waals surface area contributed by atoms with E-state index in [1.807, 2.05) is 78.2 Å². The predicted molar refractivity (Wildman–Crippen MR) is 158 cm³/mol.